The van der Waals surface area contributed by atoms with E-state index in [-0.39, 0.29) is 18.3 Å². The third kappa shape index (κ3) is 3.47. The average Bonchev–Trinajstić information content (AvgIpc) is 2.25. The summed E-state index contributed by atoms with van der Waals surface area (Å²) >= 11 is 1.46. The first-order chi connectivity index (χ1) is 7.56. The number of benzene rings is 1. The summed E-state index contributed by atoms with van der Waals surface area (Å²) in [5.74, 6) is 0.492. The molecule has 0 spiro atoms. The first-order valence-electron chi connectivity index (χ1n) is 5.26. The standard InChI is InChI=1S/C12H17FO2S/c1-8(6-14)7-16-11-5-3-4-10(13)12(11)9(2)15/h3-5,8-9,14-15H,6-7H2,1-2H3/t8?,9-/m0/s1. The molecule has 1 rings (SSSR count). The monoisotopic (exact) mass is 244 g/mol. The van der Waals surface area contributed by atoms with Gasteiger partial charge in [-0.1, -0.05) is 13.0 Å². The molecule has 0 aliphatic rings. The molecule has 0 saturated carbocycles. The topological polar surface area (TPSA) is 40.5 Å². The number of halogens is 1. The van der Waals surface area contributed by atoms with Crippen molar-refractivity contribution in [3.63, 3.8) is 0 Å². The summed E-state index contributed by atoms with van der Waals surface area (Å²) < 4.78 is 13.5. The third-order valence-corrected chi connectivity index (χ3v) is 3.67. The summed E-state index contributed by atoms with van der Waals surface area (Å²) in [7, 11) is 0. The Hall–Kier alpha value is -0.580. The van der Waals surface area contributed by atoms with Gasteiger partial charge >= 0.3 is 0 Å². The highest BCUT2D eigenvalue weighted by Gasteiger charge is 2.14. The van der Waals surface area contributed by atoms with Crippen LogP contribution in [0.2, 0.25) is 0 Å². The summed E-state index contributed by atoms with van der Waals surface area (Å²) in [6.45, 7) is 3.60. The highest BCUT2D eigenvalue weighted by Crippen LogP contribution is 2.30. The van der Waals surface area contributed by atoms with Gasteiger partial charge in [0.25, 0.3) is 0 Å². The molecule has 0 aliphatic heterocycles. The molecular formula is C12H17FO2S. The van der Waals surface area contributed by atoms with Crippen LogP contribution >= 0.6 is 11.8 Å². The second-order valence-electron chi connectivity index (χ2n) is 3.93. The second kappa shape index (κ2) is 6.23. The smallest absolute Gasteiger partial charge is 0.130 e. The fraction of sp³-hybridized carbons (Fsp3) is 0.500. The molecule has 90 valence electrons. The first kappa shape index (κ1) is 13.5. The Morgan fingerprint density at radius 1 is 1.38 bits per heavy atom. The van der Waals surface area contributed by atoms with Crippen molar-refractivity contribution in [2.24, 2.45) is 5.92 Å². The summed E-state index contributed by atoms with van der Waals surface area (Å²) in [5, 5.41) is 18.4. The van der Waals surface area contributed by atoms with Crippen LogP contribution in [0.5, 0.6) is 0 Å². The summed E-state index contributed by atoms with van der Waals surface area (Å²) in [5.41, 5.74) is 0.345. The maximum atomic E-state index is 13.5. The molecular weight excluding hydrogens is 227 g/mol. The van der Waals surface area contributed by atoms with Crippen LogP contribution in [-0.4, -0.2) is 22.6 Å². The second-order valence-corrected chi connectivity index (χ2v) is 4.99. The van der Waals surface area contributed by atoms with Crippen molar-refractivity contribution in [1.29, 1.82) is 0 Å². The van der Waals surface area contributed by atoms with Gasteiger partial charge in [-0.25, -0.2) is 4.39 Å². The Kier molecular flexibility index (Phi) is 5.25. The molecule has 0 saturated heterocycles. The van der Waals surface area contributed by atoms with Gasteiger partial charge in [-0.15, -0.1) is 11.8 Å². The van der Waals surface area contributed by atoms with E-state index in [9.17, 15) is 9.50 Å². The number of aliphatic hydroxyl groups is 2. The quantitative estimate of drug-likeness (QED) is 0.782. The minimum absolute atomic E-state index is 0.117. The summed E-state index contributed by atoms with van der Waals surface area (Å²) in [4.78, 5) is 0.746. The predicted molar refractivity (Wildman–Crippen MR) is 64.0 cm³/mol. The highest BCUT2D eigenvalue weighted by molar-refractivity contribution is 7.99. The molecule has 2 atom stereocenters. The van der Waals surface area contributed by atoms with Crippen LogP contribution in [0.1, 0.15) is 25.5 Å². The Bertz CT molecular complexity index is 342. The van der Waals surface area contributed by atoms with Crippen molar-refractivity contribution in [1.82, 2.24) is 0 Å². The maximum Gasteiger partial charge on any atom is 0.130 e. The van der Waals surface area contributed by atoms with Gasteiger partial charge in [-0.2, -0.15) is 0 Å². The molecule has 1 aromatic carbocycles. The minimum Gasteiger partial charge on any atom is -0.396 e. The van der Waals surface area contributed by atoms with Crippen molar-refractivity contribution < 1.29 is 14.6 Å². The number of thioether (sulfide) groups is 1. The molecule has 0 radical (unpaired) electrons. The van der Waals surface area contributed by atoms with Crippen molar-refractivity contribution in [3.05, 3.63) is 29.6 Å². The van der Waals surface area contributed by atoms with E-state index >= 15 is 0 Å². The lowest BCUT2D eigenvalue weighted by Crippen LogP contribution is -2.05. The van der Waals surface area contributed by atoms with Crippen LogP contribution in [-0.2, 0) is 0 Å². The van der Waals surface area contributed by atoms with Crippen LogP contribution in [0, 0.1) is 11.7 Å². The minimum atomic E-state index is -0.812. The number of hydrogen-bond donors (Lipinski definition) is 2. The normalized spacial score (nSPS) is 14.8. The molecule has 1 unspecified atom stereocenters. The molecule has 4 heteroatoms. The number of aliphatic hydroxyl groups excluding tert-OH is 2. The molecule has 0 amide bonds. The van der Waals surface area contributed by atoms with E-state index in [1.165, 1.54) is 17.8 Å². The molecule has 1 aromatic rings. The molecule has 16 heavy (non-hydrogen) atoms. The third-order valence-electron chi connectivity index (χ3n) is 2.27. The van der Waals surface area contributed by atoms with Crippen LogP contribution in [0.3, 0.4) is 0 Å². The summed E-state index contributed by atoms with van der Waals surface area (Å²) in [6, 6.07) is 4.77. The van der Waals surface area contributed by atoms with E-state index in [1.807, 2.05) is 6.92 Å². The van der Waals surface area contributed by atoms with Crippen LogP contribution in [0.4, 0.5) is 4.39 Å². The Balaban J connectivity index is 2.83. The average molecular weight is 244 g/mol. The highest BCUT2D eigenvalue weighted by atomic mass is 32.2. The molecule has 0 aromatic heterocycles. The van der Waals surface area contributed by atoms with Gasteiger partial charge in [0.05, 0.1) is 6.10 Å². The van der Waals surface area contributed by atoms with Gasteiger partial charge < -0.3 is 10.2 Å². The van der Waals surface area contributed by atoms with Crippen molar-refractivity contribution in [3.8, 4) is 0 Å². The fourth-order valence-electron chi connectivity index (χ4n) is 1.33. The lowest BCUT2D eigenvalue weighted by Gasteiger charge is -2.14. The largest absolute Gasteiger partial charge is 0.396 e. The van der Waals surface area contributed by atoms with E-state index in [1.54, 1.807) is 19.1 Å². The zero-order valence-electron chi connectivity index (χ0n) is 9.48. The fourth-order valence-corrected chi connectivity index (χ4v) is 2.50. The number of hydrogen-bond acceptors (Lipinski definition) is 3. The maximum absolute atomic E-state index is 13.5. The van der Waals surface area contributed by atoms with Gasteiger partial charge in [0.2, 0.25) is 0 Å². The van der Waals surface area contributed by atoms with Gasteiger partial charge in [-0.05, 0) is 25.0 Å². The molecule has 0 bridgehead atoms. The van der Waals surface area contributed by atoms with E-state index in [2.05, 4.69) is 0 Å². The Morgan fingerprint density at radius 2 is 2.06 bits per heavy atom. The Labute approximate surface area is 99.5 Å². The first-order valence-corrected chi connectivity index (χ1v) is 6.25. The van der Waals surface area contributed by atoms with Crippen molar-refractivity contribution in [2.75, 3.05) is 12.4 Å². The van der Waals surface area contributed by atoms with E-state index in [0.717, 1.165) is 4.90 Å². The van der Waals surface area contributed by atoms with E-state index < -0.39 is 6.10 Å². The SMILES string of the molecule is CC(CO)CSc1cccc(F)c1[C@H](C)O. The number of rotatable bonds is 5. The van der Waals surface area contributed by atoms with E-state index in [0.29, 0.717) is 11.3 Å². The molecule has 2 nitrogen and oxygen atoms in total. The van der Waals surface area contributed by atoms with Crippen molar-refractivity contribution in [2.45, 2.75) is 24.8 Å². The van der Waals surface area contributed by atoms with Gasteiger partial charge in [0.1, 0.15) is 5.82 Å². The van der Waals surface area contributed by atoms with Gasteiger partial charge in [-0.3, -0.25) is 0 Å². The van der Waals surface area contributed by atoms with Crippen LogP contribution < -0.4 is 0 Å². The van der Waals surface area contributed by atoms with Crippen molar-refractivity contribution >= 4 is 11.8 Å². The van der Waals surface area contributed by atoms with Gasteiger partial charge in [0.15, 0.2) is 0 Å². The summed E-state index contributed by atoms with van der Waals surface area (Å²) in [6.07, 6.45) is -0.812. The van der Waals surface area contributed by atoms with E-state index in [4.69, 9.17) is 5.11 Å². The molecule has 0 heterocycles. The van der Waals surface area contributed by atoms with Crippen LogP contribution in [0.15, 0.2) is 23.1 Å². The zero-order valence-corrected chi connectivity index (χ0v) is 10.3. The Morgan fingerprint density at radius 3 is 2.62 bits per heavy atom. The predicted octanol–water partition coefficient (Wildman–Crippen LogP) is 2.60. The van der Waals surface area contributed by atoms with Gasteiger partial charge in [0, 0.05) is 22.8 Å². The lowest BCUT2D eigenvalue weighted by molar-refractivity contribution is 0.191. The molecule has 0 fully saturated rings. The lowest BCUT2D eigenvalue weighted by atomic mass is 10.1. The van der Waals surface area contributed by atoms with Crippen LogP contribution in [0.25, 0.3) is 0 Å². The molecule has 0 aliphatic carbocycles. The molecule has 2 N–H and O–H groups in total. The zero-order chi connectivity index (χ0) is 12.1.